The molecular weight excluding hydrogens is 325 g/mol. The number of amides is 2. The molecule has 0 fully saturated rings. The van der Waals surface area contributed by atoms with Gasteiger partial charge in [0.15, 0.2) is 5.65 Å². The first kappa shape index (κ1) is 16.8. The average molecular weight is 343 g/mol. The number of halogens is 1. The second kappa shape index (κ2) is 6.86. The van der Waals surface area contributed by atoms with Crippen LogP contribution in [0.2, 0.25) is 0 Å². The van der Waals surface area contributed by atoms with Gasteiger partial charge in [0.2, 0.25) is 5.72 Å². The van der Waals surface area contributed by atoms with E-state index in [4.69, 9.17) is 4.74 Å². The van der Waals surface area contributed by atoms with E-state index in [1.165, 1.54) is 19.2 Å². The highest BCUT2D eigenvalue weighted by Crippen LogP contribution is 2.31. The molecule has 1 unspecified atom stereocenters. The van der Waals surface area contributed by atoms with E-state index in [9.17, 15) is 9.18 Å². The van der Waals surface area contributed by atoms with E-state index < -0.39 is 17.6 Å². The standard InChI is InChI=1S/C17H18FN5O2/c1-3-19-16(24)22-17(25-2,12-6-4-7-13(18)10-12)14-11-20-15-8-5-9-21-23(14)15/h4-11H,3H2,1-2H3,(H2,19,22,24). The minimum absolute atomic E-state index is 0.411. The molecular formula is C17H18FN5O2. The maximum absolute atomic E-state index is 13.9. The van der Waals surface area contributed by atoms with Gasteiger partial charge in [-0.05, 0) is 31.2 Å². The maximum atomic E-state index is 13.9. The molecule has 0 aliphatic heterocycles. The molecule has 1 aromatic carbocycles. The van der Waals surface area contributed by atoms with Crippen molar-refractivity contribution in [2.45, 2.75) is 12.6 Å². The van der Waals surface area contributed by atoms with E-state index in [-0.39, 0.29) is 0 Å². The van der Waals surface area contributed by atoms with Crippen molar-refractivity contribution in [1.82, 2.24) is 25.2 Å². The number of carbonyl (C=O) groups is 1. The third-order valence-corrected chi connectivity index (χ3v) is 3.80. The van der Waals surface area contributed by atoms with Gasteiger partial charge in [-0.1, -0.05) is 12.1 Å². The fraction of sp³-hybridized carbons (Fsp3) is 0.235. The summed E-state index contributed by atoms with van der Waals surface area (Å²) >= 11 is 0. The fourth-order valence-corrected chi connectivity index (χ4v) is 2.70. The number of nitrogens with zero attached hydrogens (tertiary/aromatic N) is 3. The zero-order valence-corrected chi connectivity index (χ0v) is 13.9. The summed E-state index contributed by atoms with van der Waals surface area (Å²) in [5.41, 5.74) is -0.0287. The molecule has 130 valence electrons. The summed E-state index contributed by atoms with van der Waals surface area (Å²) in [6, 6.07) is 8.91. The van der Waals surface area contributed by atoms with Gasteiger partial charge in [0, 0.05) is 25.4 Å². The smallest absolute Gasteiger partial charge is 0.317 e. The van der Waals surface area contributed by atoms with E-state index in [2.05, 4.69) is 20.7 Å². The summed E-state index contributed by atoms with van der Waals surface area (Å²) in [5, 5.41) is 9.70. The van der Waals surface area contributed by atoms with Crippen molar-refractivity contribution in [2.24, 2.45) is 0 Å². The molecule has 0 saturated carbocycles. The van der Waals surface area contributed by atoms with E-state index >= 15 is 0 Å². The Bertz CT molecular complexity index is 897. The number of methoxy groups -OCH3 is 1. The summed E-state index contributed by atoms with van der Waals surface area (Å²) in [6.07, 6.45) is 3.14. The lowest BCUT2D eigenvalue weighted by atomic mass is 9.99. The number of rotatable bonds is 5. The van der Waals surface area contributed by atoms with Gasteiger partial charge in [0.05, 0.1) is 6.20 Å². The Morgan fingerprint density at radius 2 is 2.20 bits per heavy atom. The average Bonchev–Trinajstić information content (AvgIpc) is 3.04. The van der Waals surface area contributed by atoms with Crippen LogP contribution < -0.4 is 10.6 Å². The molecule has 2 heterocycles. The molecule has 0 bridgehead atoms. The van der Waals surface area contributed by atoms with Crippen LogP contribution in [0, 0.1) is 5.82 Å². The Hall–Kier alpha value is -3.00. The lowest BCUT2D eigenvalue weighted by Gasteiger charge is -2.33. The van der Waals surface area contributed by atoms with E-state index in [1.807, 2.05) is 0 Å². The van der Waals surface area contributed by atoms with Crippen molar-refractivity contribution in [3.8, 4) is 0 Å². The van der Waals surface area contributed by atoms with E-state index in [0.29, 0.717) is 23.4 Å². The van der Waals surface area contributed by atoms with Gasteiger partial charge in [-0.3, -0.25) is 0 Å². The Balaban J connectivity index is 2.22. The predicted octanol–water partition coefficient (Wildman–Crippen LogP) is 2.03. The number of hydrogen-bond donors (Lipinski definition) is 2. The Morgan fingerprint density at radius 3 is 2.92 bits per heavy atom. The Morgan fingerprint density at radius 1 is 1.36 bits per heavy atom. The van der Waals surface area contributed by atoms with Crippen LogP contribution in [0.5, 0.6) is 0 Å². The normalized spacial score (nSPS) is 13.4. The summed E-state index contributed by atoms with van der Waals surface area (Å²) in [4.78, 5) is 16.5. The molecule has 1 atom stereocenters. The van der Waals surface area contributed by atoms with Crippen LogP contribution in [0.3, 0.4) is 0 Å². The van der Waals surface area contributed by atoms with Crippen molar-refractivity contribution in [3.63, 3.8) is 0 Å². The summed E-state index contributed by atoms with van der Waals surface area (Å²) in [7, 11) is 1.43. The van der Waals surface area contributed by atoms with Crippen LogP contribution in [-0.4, -0.2) is 34.3 Å². The predicted molar refractivity (Wildman–Crippen MR) is 89.4 cm³/mol. The molecule has 7 nitrogen and oxygen atoms in total. The summed E-state index contributed by atoms with van der Waals surface area (Å²) in [5.74, 6) is -0.446. The van der Waals surface area contributed by atoms with Crippen molar-refractivity contribution in [1.29, 1.82) is 0 Å². The van der Waals surface area contributed by atoms with Gasteiger partial charge >= 0.3 is 6.03 Å². The Labute approximate surface area is 143 Å². The molecule has 3 aromatic rings. The fourth-order valence-electron chi connectivity index (χ4n) is 2.70. The van der Waals surface area contributed by atoms with Crippen molar-refractivity contribution >= 4 is 11.7 Å². The second-order valence-corrected chi connectivity index (χ2v) is 5.32. The van der Waals surface area contributed by atoms with Gasteiger partial charge in [0.25, 0.3) is 0 Å². The third kappa shape index (κ3) is 3.03. The molecule has 0 spiro atoms. The van der Waals surface area contributed by atoms with Crippen LogP contribution in [0.15, 0.2) is 48.8 Å². The molecule has 2 aromatic heterocycles. The lowest BCUT2D eigenvalue weighted by Crippen LogP contribution is -2.52. The topological polar surface area (TPSA) is 80.5 Å². The molecule has 25 heavy (non-hydrogen) atoms. The molecule has 0 radical (unpaired) electrons. The maximum Gasteiger partial charge on any atom is 0.317 e. The molecule has 8 heteroatoms. The van der Waals surface area contributed by atoms with Crippen molar-refractivity contribution in [2.75, 3.05) is 13.7 Å². The minimum Gasteiger partial charge on any atom is -0.349 e. The number of hydrogen-bond acceptors (Lipinski definition) is 4. The number of nitrogens with one attached hydrogen (secondary N) is 2. The van der Waals surface area contributed by atoms with E-state index in [1.54, 1.807) is 48.1 Å². The lowest BCUT2D eigenvalue weighted by molar-refractivity contribution is -0.00336. The van der Waals surface area contributed by atoms with Crippen LogP contribution >= 0.6 is 0 Å². The highest BCUT2D eigenvalue weighted by molar-refractivity contribution is 5.75. The summed E-state index contributed by atoms with van der Waals surface area (Å²) in [6.45, 7) is 2.23. The largest absolute Gasteiger partial charge is 0.349 e. The first-order valence-corrected chi connectivity index (χ1v) is 7.77. The Kier molecular flexibility index (Phi) is 4.62. The first-order valence-electron chi connectivity index (χ1n) is 7.77. The third-order valence-electron chi connectivity index (χ3n) is 3.80. The number of ether oxygens (including phenoxy) is 1. The molecule has 0 aliphatic rings. The zero-order valence-electron chi connectivity index (χ0n) is 13.9. The van der Waals surface area contributed by atoms with Crippen molar-refractivity contribution < 1.29 is 13.9 Å². The van der Waals surface area contributed by atoms with Crippen LogP contribution in [0.1, 0.15) is 18.2 Å². The number of fused-ring (bicyclic) bond motifs is 1. The second-order valence-electron chi connectivity index (χ2n) is 5.32. The number of aromatic nitrogens is 3. The first-order chi connectivity index (χ1) is 12.1. The van der Waals surface area contributed by atoms with Crippen LogP contribution in [0.25, 0.3) is 5.65 Å². The number of urea groups is 1. The SMILES string of the molecule is CCNC(=O)NC(OC)(c1cccc(F)c1)c1cnc2cccnn12. The van der Waals surface area contributed by atoms with Crippen molar-refractivity contribution in [3.05, 3.63) is 65.9 Å². The number of imidazole rings is 1. The van der Waals surface area contributed by atoms with Crippen LogP contribution in [0.4, 0.5) is 9.18 Å². The highest BCUT2D eigenvalue weighted by Gasteiger charge is 2.40. The highest BCUT2D eigenvalue weighted by atomic mass is 19.1. The van der Waals surface area contributed by atoms with Gasteiger partial charge in [-0.15, -0.1) is 0 Å². The number of benzene rings is 1. The molecule has 0 saturated heterocycles. The number of carbonyl (C=O) groups excluding carboxylic acids is 1. The monoisotopic (exact) mass is 343 g/mol. The molecule has 3 rings (SSSR count). The zero-order chi connectivity index (χ0) is 17.9. The van der Waals surface area contributed by atoms with Crippen LogP contribution in [-0.2, 0) is 10.5 Å². The van der Waals surface area contributed by atoms with Gasteiger partial charge in [-0.2, -0.15) is 5.10 Å². The minimum atomic E-state index is -1.46. The summed E-state index contributed by atoms with van der Waals surface area (Å²) < 4.78 is 21.1. The van der Waals surface area contributed by atoms with Gasteiger partial charge in [-0.25, -0.2) is 18.7 Å². The molecule has 2 amide bonds. The van der Waals surface area contributed by atoms with Gasteiger partial charge < -0.3 is 15.4 Å². The molecule has 2 N–H and O–H groups in total. The van der Waals surface area contributed by atoms with E-state index in [0.717, 1.165) is 0 Å². The van der Waals surface area contributed by atoms with Gasteiger partial charge in [0.1, 0.15) is 11.5 Å². The quantitative estimate of drug-likeness (QED) is 0.695. The molecule has 0 aliphatic carbocycles.